The van der Waals surface area contributed by atoms with E-state index in [9.17, 15) is 4.79 Å². The molecular weight excluding hydrogens is 146 g/mol. The summed E-state index contributed by atoms with van der Waals surface area (Å²) in [4.78, 5) is 15.4. The second-order valence-corrected chi connectivity index (χ2v) is 2.65. The molecule has 1 saturated heterocycles. The van der Waals surface area contributed by atoms with Crippen molar-refractivity contribution in [3.8, 4) is 0 Å². The van der Waals surface area contributed by atoms with E-state index in [1.54, 1.807) is 0 Å². The lowest BCUT2D eigenvalue weighted by Crippen LogP contribution is -2.29. The lowest BCUT2D eigenvalue weighted by molar-refractivity contribution is -0.172. The molecule has 0 aromatic heterocycles. The quantitative estimate of drug-likeness (QED) is 0.637. The van der Waals surface area contributed by atoms with Gasteiger partial charge in [-0.2, -0.15) is 5.06 Å². The molecule has 0 saturated carbocycles. The maximum Gasteiger partial charge on any atom is 0.320 e. The van der Waals surface area contributed by atoms with Gasteiger partial charge >= 0.3 is 5.97 Å². The first-order valence-electron chi connectivity index (χ1n) is 3.88. The van der Waals surface area contributed by atoms with Gasteiger partial charge in [0.05, 0.1) is 6.61 Å². The van der Waals surface area contributed by atoms with E-state index in [1.807, 2.05) is 0 Å². The number of hydroxylamine groups is 2. The average molecular weight is 159 g/mol. The highest BCUT2D eigenvalue weighted by atomic mass is 16.7. The van der Waals surface area contributed by atoms with Gasteiger partial charge in [-0.05, 0) is 19.3 Å². The molecule has 1 aliphatic heterocycles. The third-order valence-electron chi connectivity index (χ3n) is 1.64. The second-order valence-electron chi connectivity index (χ2n) is 2.65. The number of hydrogen-bond acceptors (Lipinski definition) is 3. The Labute approximate surface area is 65.7 Å². The van der Waals surface area contributed by atoms with E-state index in [4.69, 9.17) is 9.94 Å². The van der Waals surface area contributed by atoms with Gasteiger partial charge in [0.15, 0.2) is 0 Å². The first-order chi connectivity index (χ1) is 5.29. The number of carboxylic acid groups (broad SMARTS) is 1. The van der Waals surface area contributed by atoms with E-state index in [0.717, 1.165) is 25.8 Å². The minimum atomic E-state index is -0.827. The molecule has 0 bridgehead atoms. The fourth-order valence-corrected chi connectivity index (χ4v) is 1.10. The van der Waals surface area contributed by atoms with E-state index in [2.05, 4.69) is 0 Å². The molecular formula is C7H13NO3. The molecule has 4 nitrogen and oxygen atoms in total. The molecule has 1 N–H and O–H groups in total. The molecule has 0 atom stereocenters. The third-order valence-corrected chi connectivity index (χ3v) is 1.64. The maximum absolute atomic E-state index is 10.3. The van der Waals surface area contributed by atoms with Crippen LogP contribution in [0.2, 0.25) is 0 Å². The van der Waals surface area contributed by atoms with Gasteiger partial charge in [-0.25, -0.2) is 0 Å². The third kappa shape index (κ3) is 3.34. The Kier molecular flexibility index (Phi) is 3.32. The number of carboxylic acids is 1. The molecule has 1 fully saturated rings. The van der Waals surface area contributed by atoms with Crippen molar-refractivity contribution in [2.45, 2.75) is 19.3 Å². The van der Waals surface area contributed by atoms with Crippen LogP contribution in [0.3, 0.4) is 0 Å². The van der Waals surface area contributed by atoms with Crippen LogP contribution < -0.4 is 0 Å². The van der Waals surface area contributed by atoms with Gasteiger partial charge in [-0.3, -0.25) is 9.63 Å². The molecule has 1 rings (SSSR count). The van der Waals surface area contributed by atoms with Gasteiger partial charge in [0.1, 0.15) is 6.54 Å². The molecule has 4 heteroatoms. The van der Waals surface area contributed by atoms with Crippen molar-refractivity contribution in [3.63, 3.8) is 0 Å². The van der Waals surface area contributed by atoms with Crippen molar-refractivity contribution < 1.29 is 14.7 Å². The molecule has 0 spiro atoms. The Bertz CT molecular complexity index is 130. The van der Waals surface area contributed by atoms with Crippen LogP contribution >= 0.6 is 0 Å². The standard InChI is InChI=1S/C7H13NO3/c9-7(10)6-8-4-2-1-3-5-11-8/h1-6H2,(H,9,10). The highest BCUT2D eigenvalue weighted by Gasteiger charge is 2.11. The summed E-state index contributed by atoms with van der Waals surface area (Å²) in [6, 6.07) is 0. The van der Waals surface area contributed by atoms with Gasteiger partial charge in [-0.1, -0.05) is 0 Å². The Morgan fingerprint density at radius 3 is 3.00 bits per heavy atom. The number of nitrogens with zero attached hydrogens (tertiary/aromatic N) is 1. The highest BCUT2D eigenvalue weighted by Crippen LogP contribution is 2.05. The van der Waals surface area contributed by atoms with Crippen LogP contribution in [0.1, 0.15) is 19.3 Å². The first kappa shape index (κ1) is 8.49. The normalized spacial score (nSPS) is 21.1. The van der Waals surface area contributed by atoms with Crippen molar-refractivity contribution in [2.24, 2.45) is 0 Å². The van der Waals surface area contributed by atoms with Crippen LogP contribution in [0.15, 0.2) is 0 Å². The molecule has 64 valence electrons. The van der Waals surface area contributed by atoms with Crippen molar-refractivity contribution in [3.05, 3.63) is 0 Å². The molecule has 0 radical (unpaired) electrons. The maximum atomic E-state index is 10.3. The summed E-state index contributed by atoms with van der Waals surface area (Å²) in [7, 11) is 0. The zero-order valence-electron chi connectivity index (χ0n) is 6.45. The summed E-state index contributed by atoms with van der Waals surface area (Å²) in [6.45, 7) is 1.40. The average Bonchev–Trinajstić information content (AvgIpc) is 2.14. The highest BCUT2D eigenvalue weighted by molar-refractivity contribution is 5.68. The Hall–Kier alpha value is -0.610. The molecule has 11 heavy (non-hydrogen) atoms. The van der Waals surface area contributed by atoms with Gasteiger partial charge < -0.3 is 5.11 Å². The van der Waals surface area contributed by atoms with Crippen LogP contribution in [0.4, 0.5) is 0 Å². The lowest BCUT2D eigenvalue weighted by Gasteiger charge is -2.15. The fourth-order valence-electron chi connectivity index (χ4n) is 1.10. The topological polar surface area (TPSA) is 49.8 Å². The number of carbonyl (C=O) groups is 1. The van der Waals surface area contributed by atoms with E-state index >= 15 is 0 Å². The number of rotatable bonds is 2. The monoisotopic (exact) mass is 159 g/mol. The van der Waals surface area contributed by atoms with Gasteiger partial charge in [-0.15, -0.1) is 0 Å². The summed E-state index contributed by atoms with van der Waals surface area (Å²) < 4.78 is 0. The van der Waals surface area contributed by atoms with Crippen molar-refractivity contribution in [1.29, 1.82) is 0 Å². The van der Waals surface area contributed by atoms with Gasteiger partial charge in [0, 0.05) is 6.54 Å². The molecule has 0 unspecified atom stereocenters. The summed E-state index contributed by atoms with van der Waals surface area (Å²) in [5.74, 6) is -0.827. The lowest BCUT2D eigenvalue weighted by atomic mass is 10.2. The van der Waals surface area contributed by atoms with Crippen LogP contribution in [-0.4, -0.2) is 35.8 Å². The largest absolute Gasteiger partial charge is 0.480 e. The molecule has 1 heterocycles. The Morgan fingerprint density at radius 2 is 2.27 bits per heavy atom. The predicted molar refractivity (Wildman–Crippen MR) is 39.0 cm³/mol. The molecule has 1 aliphatic rings. The smallest absolute Gasteiger partial charge is 0.320 e. The van der Waals surface area contributed by atoms with E-state index in [1.165, 1.54) is 5.06 Å². The fraction of sp³-hybridized carbons (Fsp3) is 0.857. The zero-order valence-corrected chi connectivity index (χ0v) is 6.45. The van der Waals surface area contributed by atoms with Crippen LogP contribution in [0.5, 0.6) is 0 Å². The molecule has 0 aliphatic carbocycles. The molecule has 0 aromatic rings. The van der Waals surface area contributed by atoms with Crippen LogP contribution in [0.25, 0.3) is 0 Å². The van der Waals surface area contributed by atoms with Crippen molar-refractivity contribution >= 4 is 5.97 Å². The number of hydrogen-bond donors (Lipinski definition) is 1. The summed E-state index contributed by atoms with van der Waals surface area (Å²) in [5.41, 5.74) is 0. The summed E-state index contributed by atoms with van der Waals surface area (Å²) in [6.07, 6.45) is 3.21. The second kappa shape index (κ2) is 4.31. The van der Waals surface area contributed by atoms with E-state index < -0.39 is 5.97 Å². The summed E-state index contributed by atoms with van der Waals surface area (Å²) >= 11 is 0. The molecule has 0 amide bonds. The first-order valence-corrected chi connectivity index (χ1v) is 3.88. The zero-order chi connectivity index (χ0) is 8.10. The molecule has 0 aromatic carbocycles. The minimum absolute atomic E-state index is 0. The summed E-state index contributed by atoms with van der Waals surface area (Å²) in [5, 5.41) is 9.96. The van der Waals surface area contributed by atoms with E-state index in [0.29, 0.717) is 6.61 Å². The van der Waals surface area contributed by atoms with E-state index in [-0.39, 0.29) is 6.54 Å². The van der Waals surface area contributed by atoms with Crippen molar-refractivity contribution in [2.75, 3.05) is 19.7 Å². The Balaban J connectivity index is 2.25. The van der Waals surface area contributed by atoms with Gasteiger partial charge in [0.25, 0.3) is 0 Å². The van der Waals surface area contributed by atoms with Gasteiger partial charge in [0.2, 0.25) is 0 Å². The van der Waals surface area contributed by atoms with Crippen LogP contribution in [0, 0.1) is 0 Å². The van der Waals surface area contributed by atoms with Crippen molar-refractivity contribution in [1.82, 2.24) is 5.06 Å². The predicted octanol–water partition coefficient (Wildman–Crippen LogP) is 0.488. The van der Waals surface area contributed by atoms with Crippen LogP contribution in [-0.2, 0) is 9.63 Å². The SMILES string of the molecule is O=C(O)CN1CCCCCO1. The minimum Gasteiger partial charge on any atom is -0.480 e. The number of aliphatic carboxylic acids is 1. The Morgan fingerprint density at radius 1 is 1.45 bits per heavy atom.